The van der Waals surface area contributed by atoms with Crippen LogP contribution < -0.4 is 16.4 Å². The van der Waals surface area contributed by atoms with Crippen molar-refractivity contribution in [2.24, 2.45) is 0 Å². The lowest BCUT2D eigenvalue weighted by molar-refractivity contribution is 0.0952. The van der Waals surface area contributed by atoms with Gasteiger partial charge in [-0.05, 0) is 56.0 Å². The van der Waals surface area contributed by atoms with Crippen LogP contribution in [0, 0.1) is 20.8 Å². The Bertz CT molecular complexity index is 1590. The third-order valence-corrected chi connectivity index (χ3v) is 7.88. The molecule has 0 spiro atoms. The van der Waals surface area contributed by atoms with Gasteiger partial charge in [0.15, 0.2) is 0 Å². The first kappa shape index (κ1) is 23.8. The van der Waals surface area contributed by atoms with Gasteiger partial charge in [-0.1, -0.05) is 23.8 Å². The van der Waals surface area contributed by atoms with Crippen molar-refractivity contribution in [2.45, 2.75) is 27.3 Å². The summed E-state index contributed by atoms with van der Waals surface area (Å²) in [6.07, 6.45) is 1.56. The molecule has 0 atom stereocenters. The zero-order valence-electron chi connectivity index (χ0n) is 20.0. The van der Waals surface area contributed by atoms with Gasteiger partial charge in [0.25, 0.3) is 11.8 Å². The average molecular weight is 517 g/mol. The van der Waals surface area contributed by atoms with E-state index in [0.29, 0.717) is 43.4 Å². The number of aryl methyl sites for hydroxylation is 3. The molecule has 2 amide bonds. The van der Waals surface area contributed by atoms with E-state index in [0.717, 1.165) is 21.7 Å². The predicted molar refractivity (Wildman–Crippen MR) is 146 cm³/mol. The lowest BCUT2D eigenvalue weighted by Gasteiger charge is -2.15. The minimum atomic E-state index is -0.317. The summed E-state index contributed by atoms with van der Waals surface area (Å²) in [6.45, 7) is 6.02. The summed E-state index contributed by atoms with van der Waals surface area (Å²) in [4.78, 5) is 33.2. The number of nitrogen functional groups attached to an aromatic ring is 1. The third-order valence-electron chi connectivity index (χ3n) is 5.89. The number of fused-ring (bicyclic) bond motifs is 1. The number of aromatic nitrogens is 1. The Morgan fingerprint density at radius 3 is 2.61 bits per heavy atom. The maximum absolute atomic E-state index is 13.6. The predicted octanol–water partition coefficient (Wildman–Crippen LogP) is 6.31. The van der Waals surface area contributed by atoms with E-state index < -0.39 is 0 Å². The van der Waals surface area contributed by atoms with Gasteiger partial charge in [-0.15, -0.1) is 22.7 Å². The van der Waals surface area contributed by atoms with Crippen LogP contribution in [-0.2, 0) is 6.54 Å². The van der Waals surface area contributed by atoms with E-state index >= 15 is 0 Å². The SMILES string of the molecule is Cc1ccc(NC(=O)c2c(C)nc3sc(C(=O)NCc4ccco4)c(N)c3c2-c2cccs2)c(C)c1. The van der Waals surface area contributed by atoms with Gasteiger partial charge in [-0.2, -0.15) is 0 Å². The van der Waals surface area contributed by atoms with Gasteiger partial charge < -0.3 is 20.8 Å². The maximum atomic E-state index is 13.6. The van der Waals surface area contributed by atoms with E-state index in [2.05, 4.69) is 10.6 Å². The molecule has 182 valence electrons. The largest absolute Gasteiger partial charge is 0.467 e. The smallest absolute Gasteiger partial charge is 0.263 e. The number of hydrogen-bond acceptors (Lipinski definition) is 7. The molecule has 0 unspecified atom stereocenters. The van der Waals surface area contributed by atoms with Crippen molar-refractivity contribution >= 4 is 56.1 Å². The minimum Gasteiger partial charge on any atom is -0.467 e. The van der Waals surface area contributed by atoms with Crippen LogP contribution in [0.1, 0.15) is 42.6 Å². The molecule has 4 N–H and O–H groups in total. The Balaban J connectivity index is 1.60. The molecule has 0 aliphatic rings. The molecule has 0 radical (unpaired) electrons. The number of benzene rings is 1. The fourth-order valence-electron chi connectivity index (χ4n) is 4.18. The molecule has 4 aromatic heterocycles. The van der Waals surface area contributed by atoms with Crippen LogP contribution in [0.4, 0.5) is 11.4 Å². The van der Waals surface area contributed by atoms with Crippen LogP contribution >= 0.6 is 22.7 Å². The number of nitrogens with two attached hydrogens (primary N) is 1. The highest BCUT2D eigenvalue weighted by Gasteiger charge is 2.27. The van der Waals surface area contributed by atoms with Crippen molar-refractivity contribution in [2.75, 3.05) is 11.1 Å². The summed E-state index contributed by atoms with van der Waals surface area (Å²) >= 11 is 2.72. The van der Waals surface area contributed by atoms with Gasteiger partial charge >= 0.3 is 0 Å². The molecule has 0 aliphatic heterocycles. The second-order valence-corrected chi connectivity index (χ2v) is 10.4. The molecular weight excluding hydrogens is 492 g/mol. The molecule has 0 bridgehead atoms. The number of pyridine rings is 1. The van der Waals surface area contributed by atoms with E-state index in [-0.39, 0.29) is 18.4 Å². The quantitative estimate of drug-likeness (QED) is 0.245. The van der Waals surface area contributed by atoms with Crippen molar-refractivity contribution in [3.05, 3.63) is 87.1 Å². The highest BCUT2D eigenvalue weighted by Crippen LogP contribution is 2.43. The zero-order valence-corrected chi connectivity index (χ0v) is 21.6. The van der Waals surface area contributed by atoms with Crippen LogP contribution in [0.15, 0.2) is 58.5 Å². The number of thiophene rings is 2. The van der Waals surface area contributed by atoms with Gasteiger partial charge in [0, 0.05) is 21.5 Å². The number of carbonyl (C=O) groups is 2. The molecule has 5 rings (SSSR count). The van der Waals surface area contributed by atoms with Gasteiger partial charge in [0.2, 0.25) is 0 Å². The number of nitrogens with one attached hydrogen (secondary N) is 2. The van der Waals surface area contributed by atoms with E-state index in [4.69, 9.17) is 15.1 Å². The molecule has 9 heteroatoms. The topological polar surface area (TPSA) is 110 Å². The van der Waals surface area contributed by atoms with E-state index in [1.54, 1.807) is 25.3 Å². The Labute approximate surface area is 216 Å². The van der Waals surface area contributed by atoms with Gasteiger partial charge in [-0.25, -0.2) is 4.98 Å². The zero-order chi connectivity index (χ0) is 25.4. The molecular formula is C27H24N4O3S2. The lowest BCUT2D eigenvalue weighted by atomic mass is 9.99. The Morgan fingerprint density at radius 2 is 1.92 bits per heavy atom. The highest BCUT2D eigenvalue weighted by molar-refractivity contribution is 7.21. The van der Waals surface area contributed by atoms with Gasteiger partial charge in [0.1, 0.15) is 15.5 Å². The number of amides is 2. The normalized spacial score (nSPS) is 11.1. The summed E-state index contributed by atoms with van der Waals surface area (Å²) in [5, 5.41) is 8.45. The first-order valence-corrected chi connectivity index (χ1v) is 13.0. The fourth-order valence-corrected chi connectivity index (χ4v) is 6.03. The van der Waals surface area contributed by atoms with Crippen LogP contribution in [0.5, 0.6) is 0 Å². The van der Waals surface area contributed by atoms with E-state index in [9.17, 15) is 9.59 Å². The van der Waals surface area contributed by atoms with Crippen LogP contribution in [-0.4, -0.2) is 16.8 Å². The second-order valence-electron chi connectivity index (χ2n) is 8.48. The van der Waals surface area contributed by atoms with E-state index in [1.165, 1.54) is 22.7 Å². The highest BCUT2D eigenvalue weighted by atomic mass is 32.1. The summed E-state index contributed by atoms with van der Waals surface area (Å²) in [5.41, 5.74) is 11.4. The number of hydrogen-bond donors (Lipinski definition) is 3. The molecule has 0 saturated carbocycles. The van der Waals surface area contributed by atoms with Crippen molar-refractivity contribution in [1.82, 2.24) is 10.3 Å². The third kappa shape index (κ3) is 4.38. The van der Waals surface area contributed by atoms with E-state index in [1.807, 2.05) is 49.6 Å². The van der Waals surface area contributed by atoms with Crippen LogP contribution in [0.25, 0.3) is 20.7 Å². The summed E-state index contributed by atoms with van der Waals surface area (Å²) in [5.74, 6) is 0.0521. The van der Waals surface area contributed by atoms with Crippen molar-refractivity contribution in [3.8, 4) is 10.4 Å². The standard InChI is InChI=1S/C27H24N4O3S2/c1-14-8-9-18(15(2)12-14)31-25(32)20-16(3)30-27-22(21(20)19-7-5-11-35-19)23(28)24(36-27)26(33)29-13-17-6-4-10-34-17/h4-12H,13,28H2,1-3H3,(H,29,33)(H,31,32). The second kappa shape index (κ2) is 9.60. The number of anilines is 2. The molecule has 0 fully saturated rings. The summed E-state index contributed by atoms with van der Waals surface area (Å²) in [6, 6.07) is 13.3. The number of rotatable bonds is 6. The first-order valence-electron chi connectivity index (χ1n) is 11.3. The molecule has 1 aromatic carbocycles. The Kier molecular flexibility index (Phi) is 6.34. The molecule has 0 aliphatic carbocycles. The fraction of sp³-hybridized carbons (Fsp3) is 0.148. The molecule has 5 aromatic rings. The molecule has 0 saturated heterocycles. The lowest BCUT2D eigenvalue weighted by Crippen LogP contribution is -2.22. The van der Waals surface area contributed by atoms with Gasteiger partial charge in [0.05, 0.1) is 29.8 Å². The Hall–Kier alpha value is -3.95. The van der Waals surface area contributed by atoms with Crippen LogP contribution in [0.3, 0.4) is 0 Å². The molecule has 36 heavy (non-hydrogen) atoms. The van der Waals surface area contributed by atoms with Crippen molar-refractivity contribution in [1.29, 1.82) is 0 Å². The number of nitrogens with zero attached hydrogens (tertiary/aromatic N) is 1. The summed E-state index contributed by atoms with van der Waals surface area (Å²) < 4.78 is 5.30. The average Bonchev–Trinajstić information content (AvgIpc) is 3.60. The monoisotopic (exact) mass is 516 g/mol. The van der Waals surface area contributed by atoms with Crippen LogP contribution in [0.2, 0.25) is 0 Å². The number of furan rings is 1. The van der Waals surface area contributed by atoms with Crippen molar-refractivity contribution in [3.63, 3.8) is 0 Å². The minimum absolute atomic E-state index is 0.243. The molecule has 7 nitrogen and oxygen atoms in total. The molecule has 4 heterocycles. The Morgan fingerprint density at radius 1 is 1.08 bits per heavy atom. The van der Waals surface area contributed by atoms with Crippen molar-refractivity contribution < 1.29 is 14.0 Å². The first-order chi connectivity index (χ1) is 17.3. The van der Waals surface area contributed by atoms with Gasteiger partial charge in [-0.3, -0.25) is 9.59 Å². The maximum Gasteiger partial charge on any atom is 0.263 e. The number of carbonyl (C=O) groups excluding carboxylic acids is 2. The summed E-state index contributed by atoms with van der Waals surface area (Å²) in [7, 11) is 0.